The second-order valence-electron chi connectivity index (χ2n) is 6.06. The van der Waals surface area contributed by atoms with Crippen LogP contribution in [0.15, 0.2) is 48.5 Å². The van der Waals surface area contributed by atoms with Gasteiger partial charge in [-0.2, -0.15) is 0 Å². The van der Waals surface area contributed by atoms with E-state index >= 15 is 0 Å². The first-order chi connectivity index (χ1) is 12.3. The molecule has 0 unspecified atom stereocenters. The van der Waals surface area contributed by atoms with Crippen LogP contribution in [0.4, 0.5) is 5.69 Å². The molecule has 136 valence electrons. The predicted octanol–water partition coefficient (Wildman–Crippen LogP) is 4.92. The van der Waals surface area contributed by atoms with Gasteiger partial charge in [0, 0.05) is 34.3 Å². The van der Waals surface area contributed by atoms with Crippen LogP contribution in [0.2, 0.25) is 10.0 Å². The summed E-state index contributed by atoms with van der Waals surface area (Å²) in [5, 5.41) is 6.65. The highest BCUT2D eigenvalue weighted by molar-refractivity contribution is 6.35. The molecule has 0 heterocycles. The van der Waals surface area contributed by atoms with Gasteiger partial charge in [-0.3, -0.25) is 9.59 Å². The van der Waals surface area contributed by atoms with Crippen LogP contribution in [0.5, 0.6) is 0 Å². The summed E-state index contributed by atoms with van der Waals surface area (Å²) in [6.07, 6.45) is 3.06. The van der Waals surface area contributed by atoms with E-state index in [0.29, 0.717) is 16.6 Å². The number of rotatable bonds is 6. The molecular weight excluding hydrogens is 371 g/mol. The summed E-state index contributed by atoms with van der Waals surface area (Å²) < 4.78 is 0. The molecule has 0 aliphatic rings. The summed E-state index contributed by atoms with van der Waals surface area (Å²) in [7, 11) is 0. The lowest BCUT2D eigenvalue weighted by Crippen LogP contribution is -2.20. The largest absolute Gasteiger partial charge is 0.348 e. The Morgan fingerprint density at radius 2 is 1.77 bits per heavy atom. The fraction of sp³-hybridized carbons (Fsp3) is 0.200. The van der Waals surface area contributed by atoms with E-state index in [-0.39, 0.29) is 17.7 Å². The Balaban J connectivity index is 1.87. The lowest BCUT2D eigenvalue weighted by molar-refractivity contribution is -0.119. The molecule has 2 N–H and O–H groups in total. The lowest BCUT2D eigenvalue weighted by atomic mass is 10.1. The summed E-state index contributed by atoms with van der Waals surface area (Å²) in [5.74, 6) is -0.333. The maximum atomic E-state index is 11.9. The molecule has 2 amide bonds. The molecule has 26 heavy (non-hydrogen) atoms. The van der Waals surface area contributed by atoms with Crippen molar-refractivity contribution in [2.24, 2.45) is 5.92 Å². The SMILES string of the molecule is CC(C)C(=O)Nc1ccc(CNC(=O)/C=C/c2ccc(Cl)cc2Cl)cc1. The smallest absolute Gasteiger partial charge is 0.244 e. The number of amides is 2. The third-order valence-electron chi connectivity index (χ3n) is 3.59. The van der Waals surface area contributed by atoms with Gasteiger partial charge in [0.1, 0.15) is 0 Å². The number of nitrogens with one attached hydrogen (secondary N) is 2. The van der Waals surface area contributed by atoms with Gasteiger partial charge in [0.25, 0.3) is 0 Å². The zero-order chi connectivity index (χ0) is 19.1. The second-order valence-corrected chi connectivity index (χ2v) is 6.90. The van der Waals surface area contributed by atoms with Crippen molar-refractivity contribution in [2.75, 3.05) is 5.32 Å². The minimum Gasteiger partial charge on any atom is -0.348 e. The molecule has 0 saturated heterocycles. The van der Waals surface area contributed by atoms with Crippen molar-refractivity contribution >= 4 is 46.8 Å². The molecule has 0 aliphatic carbocycles. The van der Waals surface area contributed by atoms with Gasteiger partial charge in [0.2, 0.25) is 11.8 Å². The number of carbonyl (C=O) groups excluding carboxylic acids is 2. The average molecular weight is 391 g/mol. The molecule has 6 heteroatoms. The molecule has 0 fully saturated rings. The summed E-state index contributed by atoms with van der Waals surface area (Å²) in [4.78, 5) is 23.6. The highest BCUT2D eigenvalue weighted by Gasteiger charge is 2.06. The Hall–Kier alpha value is -2.30. The molecular formula is C20H20Cl2N2O2. The Morgan fingerprint density at radius 3 is 2.38 bits per heavy atom. The Morgan fingerprint density at radius 1 is 1.08 bits per heavy atom. The van der Waals surface area contributed by atoms with E-state index in [1.54, 1.807) is 24.3 Å². The first-order valence-electron chi connectivity index (χ1n) is 8.16. The third kappa shape index (κ3) is 6.21. The van der Waals surface area contributed by atoms with Gasteiger partial charge in [-0.05, 0) is 41.5 Å². The molecule has 0 radical (unpaired) electrons. The number of carbonyl (C=O) groups is 2. The van der Waals surface area contributed by atoms with Crippen LogP contribution in [0.1, 0.15) is 25.0 Å². The minimum atomic E-state index is -0.229. The highest BCUT2D eigenvalue weighted by atomic mass is 35.5. The standard InChI is InChI=1S/C20H20Cl2N2O2/c1-13(2)20(26)24-17-8-3-14(4-9-17)12-23-19(25)10-6-15-5-7-16(21)11-18(15)22/h3-11,13H,12H2,1-2H3,(H,23,25)(H,24,26)/b10-6+. The fourth-order valence-corrected chi connectivity index (χ4v) is 2.51. The zero-order valence-electron chi connectivity index (χ0n) is 14.6. The number of hydrogen-bond donors (Lipinski definition) is 2. The quantitative estimate of drug-likeness (QED) is 0.687. The van der Waals surface area contributed by atoms with E-state index in [0.717, 1.165) is 16.8 Å². The molecule has 2 aromatic carbocycles. The van der Waals surface area contributed by atoms with Gasteiger partial charge in [-0.15, -0.1) is 0 Å². The van der Waals surface area contributed by atoms with E-state index in [1.165, 1.54) is 6.08 Å². The summed E-state index contributed by atoms with van der Waals surface area (Å²) in [6, 6.07) is 12.4. The van der Waals surface area contributed by atoms with Crippen molar-refractivity contribution in [3.05, 3.63) is 69.7 Å². The van der Waals surface area contributed by atoms with Gasteiger partial charge in [-0.1, -0.05) is 55.2 Å². The van der Waals surface area contributed by atoms with Crippen LogP contribution >= 0.6 is 23.2 Å². The van der Waals surface area contributed by atoms with Crippen molar-refractivity contribution in [3.63, 3.8) is 0 Å². The minimum absolute atomic E-state index is 0.0305. The average Bonchev–Trinajstić information content (AvgIpc) is 2.60. The van der Waals surface area contributed by atoms with Gasteiger partial charge >= 0.3 is 0 Å². The van der Waals surface area contributed by atoms with E-state index < -0.39 is 0 Å². The third-order valence-corrected chi connectivity index (χ3v) is 4.15. The molecule has 4 nitrogen and oxygen atoms in total. The molecule has 0 aromatic heterocycles. The van der Waals surface area contributed by atoms with E-state index in [9.17, 15) is 9.59 Å². The normalized spacial score (nSPS) is 11.0. The van der Waals surface area contributed by atoms with E-state index in [4.69, 9.17) is 23.2 Å². The molecule has 0 atom stereocenters. The Labute approximate surface area is 163 Å². The topological polar surface area (TPSA) is 58.2 Å². The van der Waals surface area contributed by atoms with Crippen molar-refractivity contribution in [2.45, 2.75) is 20.4 Å². The van der Waals surface area contributed by atoms with Gasteiger partial charge < -0.3 is 10.6 Å². The van der Waals surface area contributed by atoms with Crippen molar-refractivity contribution in [1.82, 2.24) is 5.32 Å². The number of anilines is 1. The zero-order valence-corrected chi connectivity index (χ0v) is 16.1. The molecule has 0 aliphatic heterocycles. The maximum absolute atomic E-state index is 11.9. The van der Waals surface area contributed by atoms with Gasteiger partial charge in [-0.25, -0.2) is 0 Å². The maximum Gasteiger partial charge on any atom is 0.244 e. The second kappa shape index (κ2) is 9.41. The molecule has 2 rings (SSSR count). The summed E-state index contributed by atoms with van der Waals surface area (Å²) >= 11 is 11.9. The molecule has 0 spiro atoms. The van der Waals surface area contributed by atoms with Crippen molar-refractivity contribution in [3.8, 4) is 0 Å². The lowest BCUT2D eigenvalue weighted by Gasteiger charge is -2.08. The summed E-state index contributed by atoms with van der Waals surface area (Å²) in [5.41, 5.74) is 2.38. The molecule has 2 aromatic rings. The first kappa shape index (κ1) is 20.0. The Bertz CT molecular complexity index is 815. The number of hydrogen-bond acceptors (Lipinski definition) is 2. The Kier molecular flexibility index (Phi) is 7.25. The fourth-order valence-electron chi connectivity index (χ4n) is 2.04. The summed E-state index contributed by atoms with van der Waals surface area (Å²) in [6.45, 7) is 4.06. The molecule has 0 bridgehead atoms. The molecule has 0 saturated carbocycles. The van der Waals surface area contributed by atoms with Crippen molar-refractivity contribution in [1.29, 1.82) is 0 Å². The van der Waals surface area contributed by atoms with Gasteiger partial charge in [0.15, 0.2) is 0 Å². The van der Waals surface area contributed by atoms with Crippen LogP contribution in [0, 0.1) is 5.92 Å². The van der Waals surface area contributed by atoms with Crippen LogP contribution in [0.3, 0.4) is 0 Å². The highest BCUT2D eigenvalue weighted by Crippen LogP contribution is 2.21. The van der Waals surface area contributed by atoms with Crippen molar-refractivity contribution < 1.29 is 9.59 Å². The van der Waals surface area contributed by atoms with Crippen LogP contribution in [-0.4, -0.2) is 11.8 Å². The van der Waals surface area contributed by atoms with Crippen LogP contribution < -0.4 is 10.6 Å². The van der Waals surface area contributed by atoms with Crippen LogP contribution in [0.25, 0.3) is 6.08 Å². The van der Waals surface area contributed by atoms with Crippen LogP contribution in [-0.2, 0) is 16.1 Å². The first-order valence-corrected chi connectivity index (χ1v) is 8.91. The van der Waals surface area contributed by atoms with E-state index in [2.05, 4.69) is 10.6 Å². The monoisotopic (exact) mass is 390 g/mol. The van der Waals surface area contributed by atoms with Gasteiger partial charge in [0.05, 0.1) is 0 Å². The van der Waals surface area contributed by atoms with E-state index in [1.807, 2.05) is 38.1 Å². The number of benzene rings is 2. The number of halogens is 2. The predicted molar refractivity (Wildman–Crippen MR) is 107 cm³/mol.